The number of hydrogen-bond acceptors (Lipinski definition) is 3. The van der Waals surface area contributed by atoms with Crippen molar-refractivity contribution < 1.29 is 4.79 Å². The molecule has 2 rings (SSSR count). The number of carbonyl (C=O) groups is 1. The standard InChI is InChI=1S/C12H10N2.C5H10O/c1-3-7-11(8-4-1)13-14-12-9-5-2-6-10-12;1-3-5(6)4-2/h1-10H;3-4H2,1-2H3. The Labute approximate surface area is 120 Å². The molecule has 0 unspecified atom stereocenters. The van der Waals surface area contributed by atoms with Crippen molar-refractivity contribution >= 4 is 17.2 Å². The average Bonchev–Trinajstić information content (AvgIpc) is 2.54. The molecule has 0 N–H and O–H groups in total. The molecule has 3 heteroatoms. The summed E-state index contributed by atoms with van der Waals surface area (Å²) < 4.78 is 0. The number of rotatable bonds is 4. The SMILES string of the molecule is CCC(=O)CC.c1ccc(N=Nc2ccccc2)cc1. The van der Waals surface area contributed by atoms with Crippen molar-refractivity contribution in [2.45, 2.75) is 26.7 Å². The van der Waals surface area contributed by atoms with Gasteiger partial charge in [0, 0.05) is 12.8 Å². The monoisotopic (exact) mass is 268 g/mol. The Kier molecular flexibility index (Phi) is 7.58. The van der Waals surface area contributed by atoms with Gasteiger partial charge in [0.1, 0.15) is 5.78 Å². The Bertz CT molecular complexity index is 474. The molecule has 2 aromatic carbocycles. The van der Waals surface area contributed by atoms with Crippen molar-refractivity contribution in [3.05, 3.63) is 60.7 Å². The molecular formula is C17H20N2O. The Morgan fingerprint density at radius 1 is 0.750 bits per heavy atom. The number of hydrogen-bond donors (Lipinski definition) is 0. The maximum Gasteiger partial charge on any atom is 0.132 e. The second kappa shape index (κ2) is 9.62. The molecule has 0 aliphatic carbocycles. The highest BCUT2D eigenvalue weighted by Gasteiger charge is 1.87. The normalized spacial score (nSPS) is 9.90. The second-order valence-corrected chi connectivity index (χ2v) is 4.12. The van der Waals surface area contributed by atoms with Gasteiger partial charge >= 0.3 is 0 Å². The largest absolute Gasteiger partial charge is 0.300 e. The molecule has 2 aromatic rings. The molecule has 0 saturated carbocycles. The number of ketones is 1. The Balaban J connectivity index is 0.000000286. The van der Waals surface area contributed by atoms with Gasteiger partial charge in [-0.05, 0) is 24.3 Å². The number of carbonyl (C=O) groups excluding carboxylic acids is 1. The molecule has 0 spiro atoms. The van der Waals surface area contributed by atoms with E-state index in [4.69, 9.17) is 0 Å². The molecule has 104 valence electrons. The lowest BCUT2D eigenvalue weighted by molar-refractivity contribution is -0.118. The summed E-state index contributed by atoms with van der Waals surface area (Å²) in [6, 6.07) is 19.4. The Morgan fingerprint density at radius 3 is 1.35 bits per heavy atom. The van der Waals surface area contributed by atoms with Gasteiger partial charge in [0.05, 0.1) is 11.4 Å². The zero-order chi connectivity index (χ0) is 14.6. The van der Waals surface area contributed by atoms with Gasteiger partial charge < -0.3 is 0 Å². The first-order valence-corrected chi connectivity index (χ1v) is 6.79. The van der Waals surface area contributed by atoms with Crippen LogP contribution in [0.15, 0.2) is 70.9 Å². The molecule has 0 bridgehead atoms. The van der Waals surface area contributed by atoms with Crippen molar-refractivity contribution in [1.82, 2.24) is 0 Å². The molecule has 0 heterocycles. The second-order valence-electron chi connectivity index (χ2n) is 4.12. The van der Waals surface area contributed by atoms with Gasteiger partial charge in [0.25, 0.3) is 0 Å². The topological polar surface area (TPSA) is 41.8 Å². The van der Waals surface area contributed by atoms with Crippen LogP contribution in [0.5, 0.6) is 0 Å². The zero-order valence-electron chi connectivity index (χ0n) is 12.0. The Morgan fingerprint density at radius 2 is 1.10 bits per heavy atom. The number of benzene rings is 2. The molecule has 3 nitrogen and oxygen atoms in total. The minimum atomic E-state index is 0.343. The van der Waals surface area contributed by atoms with Crippen LogP contribution in [0.3, 0.4) is 0 Å². The molecule has 0 amide bonds. The number of nitrogens with zero attached hydrogens (tertiary/aromatic N) is 2. The highest BCUT2D eigenvalue weighted by atomic mass is 16.1. The molecule has 0 fully saturated rings. The molecule has 0 aliphatic heterocycles. The average molecular weight is 268 g/mol. The predicted octanol–water partition coefficient (Wildman–Crippen LogP) is 5.48. The van der Waals surface area contributed by atoms with Gasteiger partial charge in [0.2, 0.25) is 0 Å². The van der Waals surface area contributed by atoms with Gasteiger partial charge in [-0.3, -0.25) is 4.79 Å². The van der Waals surface area contributed by atoms with Crippen molar-refractivity contribution in [2.24, 2.45) is 10.2 Å². The van der Waals surface area contributed by atoms with Crippen molar-refractivity contribution in [1.29, 1.82) is 0 Å². The van der Waals surface area contributed by atoms with Gasteiger partial charge in [-0.15, -0.1) is 0 Å². The molecule has 0 aliphatic rings. The highest BCUT2D eigenvalue weighted by molar-refractivity contribution is 5.77. The van der Waals surface area contributed by atoms with Gasteiger partial charge in [-0.25, -0.2) is 0 Å². The first kappa shape index (κ1) is 15.8. The summed E-state index contributed by atoms with van der Waals surface area (Å²) in [4.78, 5) is 10.2. The van der Waals surface area contributed by atoms with Crippen LogP contribution in [-0.4, -0.2) is 5.78 Å². The van der Waals surface area contributed by atoms with Crippen LogP contribution in [0.1, 0.15) is 26.7 Å². The van der Waals surface area contributed by atoms with Crippen LogP contribution < -0.4 is 0 Å². The minimum absolute atomic E-state index is 0.343. The van der Waals surface area contributed by atoms with Crippen LogP contribution in [0, 0.1) is 0 Å². The first-order valence-electron chi connectivity index (χ1n) is 6.79. The van der Waals surface area contributed by atoms with Crippen LogP contribution in [0.2, 0.25) is 0 Å². The first-order chi connectivity index (χ1) is 9.76. The highest BCUT2D eigenvalue weighted by Crippen LogP contribution is 2.16. The third-order valence-corrected chi connectivity index (χ3v) is 2.58. The molecule has 0 atom stereocenters. The van der Waals surface area contributed by atoms with Crippen molar-refractivity contribution in [3.63, 3.8) is 0 Å². The van der Waals surface area contributed by atoms with E-state index in [0.717, 1.165) is 11.4 Å². The molecule has 0 radical (unpaired) electrons. The van der Waals surface area contributed by atoms with E-state index in [1.165, 1.54) is 0 Å². The quantitative estimate of drug-likeness (QED) is 0.677. The van der Waals surface area contributed by atoms with Crippen molar-refractivity contribution in [3.8, 4) is 0 Å². The minimum Gasteiger partial charge on any atom is -0.300 e. The van der Waals surface area contributed by atoms with Crippen LogP contribution in [0.4, 0.5) is 11.4 Å². The summed E-state index contributed by atoms with van der Waals surface area (Å²) in [5.74, 6) is 0.343. The summed E-state index contributed by atoms with van der Waals surface area (Å²) in [6.07, 6.45) is 1.38. The van der Waals surface area contributed by atoms with Crippen molar-refractivity contribution in [2.75, 3.05) is 0 Å². The number of Topliss-reactive ketones (excluding diaryl/α,β-unsaturated/α-hetero) is 1. The van der Waals surface area contributed by atoms with E-state index in [-0.39, 0.29) is 0 Å². The molecule has 20 heavy (non-hydrogen) atoms. The maximum absolute atomic E-state index is 10.2. The Hall–Kier alpha value is -2.29. The molecule has 0 saturated heterocycles. The lowest BCUT2D eigenvalue weighted by Gasteiger charge is -1.91. The van der Waals surface area contributed by atoms with Gasteiger partial charge in [0.15, 0.2) is 0 Å². The maximum atomic E-state index is 10.2. The summed E-state index contributed by atoms with van der Waals surface area (Å²) in [7, 11) is 0. The fourth-order valence-corrected chi connectivity index (χ4v) is 1.35. The van der Waals surface area contributed by atoms with E-state index < -0.39 is 0 Å². The van der Waals surface area contributed by atoms with Crippen LogP contribution >= 0.6 is 0 Å². The lowest BCUT2D eigenvalue weighted by atomic mass is 10.3. The van der Waals surface area contributed by atoms with Gasteiger partial charge in [-0.2, -0.15) is 10.2 Å². The number of azo groups is 1. The van der Waals surface area contributed by atoms with Crippen LogP contribution in [-0.2, 0) is 4.79 Å². The van der Waals surface area contributed by atoms with E-state index in [9.17, 15) is 4.79 Å². The zero-order valence-corrected chi connectivity index (χ0v) is 12.0. The van der Waals surface area contributed by atoms with E-state index in [2.05, 4.69) is 10.2 Å². The fourth-order valence-electron chi connectivity index (χ4n) is 1.35. The third-order valence-electron chi connectivity index (χ3n) is 2.58. The van der Waals surface area contributed by atoms with Crippen LogP contribution in [0.25, 0.3) is 0 Å². The lowest BCUT2D eigenvalue weighted by Crippen LogP contribution is -1.88. The summed E-state index contributed by atoms with van der Waals surface area (Å²) in [5, 5.41) is 8.20. The fraction of sp³-hybridized carbons (Fsp3) is 0.235. The summed E-state index contributed by atoms with van der Waals surface area (Å²) in [6.45, 7) is 3.76. The molecule has 0 aromatic heterocycles. The van der Waals surface area contributed by atoms with Gasteiger partial charge in [-0.1, -0.05) is 50.2 Å². The van der Waals surface area contributed by atoms with E-state index in [1.54, 1.807) is 0 Å². The smallest absolute Gasteiger partial charge is 0.132 e. The predicted molar refractivity (Wildman–Crippen MR) is 82.6 cm³/mol. The van der Waals surface area contributed by atoms with E-state index >= 15 is 0 Å². The third kappa shape index (κ3) is 6.59. The summed E-state index contributed by atoms with van der Waals surface area (Å²) >= 11 is 0. The van der Waals surface area contributed by atoms with E-state index in [1.807, 2.05) is 74.5 Å². The summed E-state index contributed by atoms with van der Waals surface area (Å²) in [5.41, 5.74) is 1.74. The van der Waals surface area contributed by atoms with E-state index in [0.29, 0.717) is 18.6 Å². The molecular weight excluding hydrogens is 248 g/mol.